The van der Waals surface area contributed by atoms with Crippen molar-refractivity contribution in [2.75, 3.05) is 26.3 Å². The van der Waals surface area contributed by atoms with Gasteiger partial charge in [-0.1, -0.05) is 30.3 Å². The van der Waals surface area contributed by atoms with Crippen LogP contribution in [0.3, 0.4) is 0 Å². The predicted octanol–water partition coefficient (Wildman–Crippen LogP) is 3.66. The highest BCUT2D eigenvalue weighted by Crippen LogP contribution is 2.19. The molecule has 0 saturated heterocycles. The molecule has 0 heterocycles. The van der Waals surface area contributed by atoms with Gasteiger partial charge in [-0.05, 0) is 56.9 Å². The summed E-state index contributed by atoms with van der Waals surface area (Å²) in [5.74, 6) is 2.30. The van der Waals surface area contributed by atoms with Gasteiger partial charge in [0.05, 0.1) is 13.2 Å². The van der Waals surface area contributed by atoms with Gasteiger partial charge in [-0.2, -0.15) is 0 Å². The number of amides is 1. The number of hydrogen-bond acceptors (Lipinski definition) is 4. The average molecular weight is 566 g/mol. The van der Waals surface area contributed by atoms with Crippen molar-refractivity contribution >= 4 is 35.8 Å². The number of carbonyl (C=O) groups is 1. The lowest BCUT2D eigenvalue weighted by Gasteiger charge is -2.13. The van der Waals surface area contributed by atoms with Crippen molar-refractivity contribution in [3.05, 3.63) is 59.7 Å². The molecule has 2 aromatic carbocycles. The highest BCUT2D eigenvalue weighted by atomic mass is 127. The Balaban J connectivity index is 0.00000385. The molecule has 0 bridgehead atoms. The molecule has 1 amide bonds. The molecule has 1 aliphatic carbocycles. The second-order valence-electron chi connectivity index (χ2n) is 7.69. The molecule has 7 nitrogen and oxygen atoms in total. The van der Waals surface area contributed by atoms with Gasteiger partial charge < -0.3 is 25.4 Å². The Labute approximate surface area is 213 Å². The van der Waals surface area contributed by atoms with Gasteiger partial charge in [0.2, 0.25) is 0 Å². The van der Waals surface area contributed by atoms with E-state index in [1.165, 1.54) is 5.56 Å². The maximum Gasteiger partial charge on any atom is 0.258 e. The van der Waals surface area contributed by atoms with Crippen molar-refractivity contribution in [2.24, 2.45) is 4.99 Å². The van der Waals surface area contributed by atoms with Crippen LogP contribution in [0.1, 0.15) is 37.8 Å². The quantitative estimate of drug-likeness (QED) is 0.208. The lowest BCUT2D eigenvalue weighted by molar-refractivity contribution is -0.123. The summed E-state index contributed by atoms with van der Waals surface area (Å²) in [4.78, 5) is 16.4. The first-order valence-electron chi connectivity index (χ1n) is 11.4. The number of benzene rings is 2. The summed E-state index contributed by atoms with van der Waals surface area (Å²) in [7, 11) is 0. The van der Waals surface area contributed by atoms with Gasteiger partial charge in [-0.25, -0.2) is 4.99 Å². The van der Waals surface area contributed by atoms with E-state index in [4.69, 9.17) is 14.5 Å². The van der Waals surface area contributed by atoms with E-state index in [1.807, 2.05) is 55.5 Å². The number of para-hydroxylation sites is 1. The minimum absolute atomic E-state index is 0. The number of ether oxygens (including phenoxy) is 2. The highest BCUT2D eigenvalue weighted by Gasteiger charge is 2.23. The first-order valence-corrected chi connectivity index (χ1v) is 11.4. The topological polar surface area (TPSA) is 84.0 Å². The number of hydrogen-bond donors (Lipinski definition) is 3. The maximum atomic E-state index is 11.7. The lowest BCUT2D eigenvalue weighted by Crippen LogP contribution is -2.38. The first-order chi connectivity index (χ1) is 15.7. The van der Waals surface area contributed by atoms with Crippen LogP contribution in [0, 0.1) is 0 Å². The molecular weight excluding hydrogens is 531 g/mol. The van der Waals surface area contributed by atoms with Gasteiger partial charge in [0.1, 0.15) is 11.5 Å². The predicted molar refractivity (Wildman–Crippen MR) is 143 cm³/mol. The zero-order valence-corrected chi connectivity index (χ0v) is 21.8. The van der Waals surface area contributed by atoms with Crippen LogP contribution in [0.15, 0.2) is 53.5 Å². The van der Waals surface area contributed by atoms with E-state index in [1.54, 1.807) is 0 Å². The van der Waals surface area contributed by atoms with Crippen molar-refractivity contribution in [3.63, 3.8) is 0 Å². The molecule has 0 aliphatic heterocycles. The third kappa shape index (κ3) is 9.89. The molecule has 0 unspecified atom stereocenters. The maximum absolute atomic E-state index is 11.7. The zero-order valence-electron chi connectivity index (χ0n) is 19.4. The molecule has 180 valence electrons. The summed E-state index contributed by atoms with van der Waals surface area (Å²) in [6.45, 7) is 6.82. The number of rotatable bonds is 12. The van der Waals surface area contributed by atoms with Gasteiger partial charge in [-0.3, -0.25) is 4.79 Å². The lowest BCUT2D eigenvalue weighted by atomic mass is 10.1. The van der Waals surface area contributed by atoms with Gasteiger partial charge >= 0.3 is 0 Å². The summed E-state index contributed by atoms with van der Waals surface area (Å²) in [6.07, 6.45) is 3.01. The van der Waals surface area contributed by atoms with Gasteiger partial charge in [-0.15, -0.1) is 24.0 Å². The number of nitrogens with one attached hydrogen (secondary N) is 3. The third-order valence-electron chi connectivity index (χ3n) is 4.97. The molecule has 1 fully saturated rings. The second-order valence-corrected chi connectivity index (χ2v) is 7.69. The van der Waals surface area contributed by atoms with Crippen LogP contribution in [-0.2, 0) is 17.8 Å². The summed E-state index contributed by atoms with van der Waals surface area (Å²) >= 11 is 0. The number of guanidine groups is 1. The Hall–Kier alpha value is -2.49. The van der Waals surface area contributed by atoms with Crippen LogP contribution in [-0.4, -0.2) is 44.2 Å². The Kier molecular flexibility index (Phi) is 11.9. The Morgan fingerprint density at radius 3 is 2.48 bits per heavy atom. The molecule has 1 aliphatic rings. The van der Waals surface area contributed by atoms with Crippen LogP contribution < -0.4 is 25.4 Å². The zero-order chi connectivity index (χ0) is 22.6. The molecule has 0 spiro atoms. The molecular formula is C25H35IN4O3. The highest BCUT2D eigenvalue weighted by molar-refractivity contribution is 14.0. The van der Waals surface area contributed by atoms with Gasteiger partial charge in [0, 0.05) is 24.7 Å². The van der Waals surface area contributed by atoms with Crippen LogP contribution in [0.2, 0.25) is 0 Å². The summed E-state index contributed by atoms with van der Waals surface area (Å²) < 4.78 is 11.2. The number of nitrogens with zero attached hydrogens (tertiary/aromatic N) is 1. The van der Waals surface area contributed by atoms with Gasteiger partial charge in [0.15, 0.2) is 12.6 Å². The van der Waals surface area contributed by atoms with Crippen molar-refractivity contribution in [3.8, 4) is 11.5 Å². The standard InChI is InChI=1S/C25H34N4O3.HI/c1-3-26-25(28-17-20-7-5-6-8-23(20)31-4-2)27-16-15-19-9-13-22(14-10-19)32-18-24(30)29-21-11-12-21;/h5-10,13-14,21H,3-4,11-12,15-18H2,1-2H3,(H,29,30)(H2,26,27,28);1H. The molecule has 8 heteroatoms. The largest absolute Gasteiger partial charge is 0.494 e. The summed E-state index contributed by atoms with van der Waals surface area (Å²) in [5.41, 5.74) is 2.25. The van der Waals surface area contributed by atoms with Crippen molar-refractivity contribution in [1.82, 2.24) is 16.0 Å². The van der Waals surface area contributed by atoms with Gasteiger partial charge in [0.25, 0.3) is 5.91 Å². The molecule has 3 N–H and O–H groups in total. The van der Waals surface area contributed by atoms with E-state index in [9.17, 15) is 4.79 Å². The average Bonchev–Trinajstić information content (AvgIpc) is 3.62. The smallest absolute Gasteiger partial charge is 0.258 e. The minimum atomic E-state index is -0.0557. The molecule has 0 radical (unpaired) electrons. The van der Waals surface area contributed by atoms with Crippen LogP contribution >= 0.6 is 24.0 Å². The normalized spacial score (nSPS) is 13.0. The molecule has 33 heavy (non-hydrogen) atoms. The van der Waals surface area contributed by atoms with Crippen LogP contribution in [0.4, 0.5) is 0 Å². The summed E-state index contributed by atoms with van der Waals surface area (Å²) in [6, 6.07) is 16.2. The van der Waals surface area contributed by atoms with E-state index in [0.717, 1.165) is 49.6 Å². The Morgan fingerprint density at radius 1 is 1.03 bits per heavy atom. The SMILES string of the molecule is CCNC(=NCc1ccccc1OCC)NCCc1ccc(OCC(=O)NC2CC2)cc1.I. The molecule has 1 saturated carbocycles. The second kappa shape index (κ2) is 14.6. The minimum Gasteiger partial charge on any atom is -0.494 e. The first kappa shape index (κ1) is 26.8. The van der Waals surface area contributed by atoms with Crippen molar-refractivity contribution < 1.29 is 14.3 Å². The number of carbonyl (C=O) groups excluding carboxylic acids is 1. The third-order valence-corrected chi connectivity index (χ3v) is 4.97. The Bertz CT molecular complexity index is 885. The summed E-state index contributed by atoms with van der Waals surface area (Å²) in [5, 5.41) is 9.59. The van der Waals surface area contributed by atoms with E-state index in [-0.39, 0.29) is 36.5 Å². The number of aliphatic imine (C=N–C) groups is 1. The van der Waals surface area contributed by atoms with Crippen LogP contribution in [0.25, 0.3) is 0 Å². The van der Waals surface area contributed by atoms with E-state index < -0.39 is 0 Å². The fourth-order valence-corrected chi connectivity index (χ4v) is 3.16. The molecule has 0 atom stereocenters. The van der Waals surface area contributed by atoms with E-state index >= 15 is 0 Å². The molecule has 3 rings (SSSR count). The molecule has 0 aromatic heterocycles. The van der Waals surface area contributed by atoms with E-state index in [0.29, 0.717) is 24.9 Å². The fourth-order valence-electron chi connectivity index (χ4n) is 3.16. The van der Waals surface area contributed by atoms with Crippen LogP contribution in [0.5, 0.6) is 11.5 Å². The number of halogens is 1. The van der Waals surface area contributed by atoms with Crippen molar-refractivity contribution in [1.29, 1.82) is 0 Å². The Morgan fingerprint density at radius 2 is 1.79 bits per heavy atom. The van der Waals surface area contributed by atoms with Crippen molar-refractivity contribution in [2.45, 2.75) is 45.7 Å². The fraction of sp³-hybridized carbons (Fsp3) is 0.440. The molecule has 2 aromatic rings. The van der Waals surface area contributed by atoms with E-state index in [2.05, 4.69) is 22.9 Å². The monoisotopic (exact) mass is 566 g/mol.